The van der Waals surface area contributed by atoms with Crippen molar-refractivity contribution in [1.82, 2.24) is 5.32 Å². The van der Waals surface area contributed by atoms with Gasteiger partial charge in [0.25, 0.3) is 0 Å². The Hall–Kier alpha value is -2.04. The van der Waals surface area contributed by atoms with Crippen molar-refractivity contribution in [2.45, 2.75) is 37.6 Å². The number of carboxylic acid groups (broad SMARTS) is 1. The molecule has 3 atom stereocenters. The van der Waals surface area contributed by atoms with E-state index < -0.39 is 11.9 Å². The summed E-state index contributed by atoms with van der Waals surface area (Å²) >= 11 is 0. The van der Waals surface area contributed by atoms with E-state index in [1.807, 2.05) is 24.3 Å². The minimum atomic E-state index is -0.817. The molecule has 21 heavy (non-hydrogen) atoms. The predicted molar refractivity (Wildman–Crippen MR) is 76.2 cm³/mol. The van der Waals surface area contributed by atoms with Crippen LogP contribution in [0.3, 0.4) is 0 Å². The highest BCUT2D eigenvalue weighted by atomic mass is 16.5. The fourth-order valence-corrected chi connectivity index (χ4v) is 3.26. The molecule has 0 saturated heterocycles. The Morgan fingerprint density at radius 2 is 1.95 bits per heavy atom. The normalized spacial score (nSPS) is 27.5. The third kappa shape index (κ3) is 2.73. The molecule has 1 saturated carbocycles. The van der Waals surface area contributed by atoms with Crippen LogP contribution < -0.4 is 10.1 Å². The highest BCUT2D eigenvalue weighted by Gasteiger charge is 2.36. The van der Waals surface area contributed by atoms with Crippen molar-refractivity contribution in [3.8, 4) is 5.75 Å². The number of benzene rings is 1. The van der Waals surface area contributed by atoms with Crippen LogP contribution in [-0.2, 0) is 9.59 Å². The first kappa shape index (κ1) is 13.9. The van der Waals surface area contributed by atoms with Crippen molar-refractivity contribution in [2.75, 3.05) is 6.61 Å². The number of aliphatic carboxylic acids is 1. The minimum Gasteiger partial charge on any atom is -0.492 e. The zero-order valence-corrected chi connectivity index (χ0v) is 11.7. The first-order valence-corrected chi connectivity index (χ1v) is 7.41. The molecular weight excluding hydrogens is 270 g/mol. The van der Waals surface area contributed by atoms with Gasteiger partial charge in [0.2, 0.25) is 5.91 Å². The van der Waals surface area contributed by atoms with Gasteiger partial charge in [0, 0.05) is 11.6 Å². The fourth-order valence-electron chi connectivity index (χ4n) is 3.26. The maximum absolute atomic E-state index is 12.5. The van der Waals surface area contributed by atoms with E-state index in [-0.39, 0.29) is 17.9 Å². The average Bonchev–Trinajstić information content (AvgIpc) is 2.91. The molecule has 1 fully saturated rings. The predicted octanol–water partition coefficient (Wildman–Crippen LogP) is 1.92. The highest BCUT2D eigenvalue weighted by Crippen LogP contribution is 2.34. The molecule has 2 aliphatic rings. The van der Waals surface area contributed by atoms with E-state index in [1.165, 1.54) is 0 Å². The summed E-state index contributed by atoms with van der Waals surface area (Å²) in [4.78, 5) is 23.8. The molecule has 112 valence electrons. The number of carbonyl (C=O) groups is 2. The van der Waals surface area contributed by atoms with Gasteiger partial charge in [0.15, 0.2) is 0 Å². The molecule has 3 rings (SSSR count). The molecule has 1 amide bonds. The van der Waals surface area contributed by atoms with Gasteiger partial charge in [-0.3, -0.25) is 9.59 Å². The molecule has 1 aliphatic carbocycles. The SMILES string of the molecule is O=C(NC1CCCCC1C(=O)O)C1COc2ccccc21. The lowest BCUT2D eigenvalue weighted by atomic mass is 9.84. The van der Waals surface area contributed by atoms with Crippen LogP contribution in [0.25, 0.3) is 0 Å². The Kier molecular flexibility index (Phi) is 3.82. The van der Waals surface area contributed by atoms with Crippen LogP contribution >= 0.6 is 0 Å². The molecule has 3 unspecified atom stereocenters. The van der Waals surface area contributed by atoms with E-state index in [0.29, 0.717) is 13.0 Å². The molecular formula is C16H19NO4. The van der Waals surface area contributed by atoms with E-state index in [9.17, 15) is 14.7 Å². The first-order chi connectivity index (χ1) is 10.2. The van der Waals surface area contributed by atoms with Crippen molar-refractivity contribution in [3.05, 3.63) is 29.8 Å². The summed E-state index contributed by atoms with van der Waals surface area (Å²) in [7, 11) is 0. The number of carbonyl (C=O) groups excluding carboxylic acids is 1. The van der Waals surface area contributed by atoms with Crippen LogP contribution in [0, 0.1) is 5.92 Å². The maximum Gasteiger partial charge on any atom is 0.308 e. The average molecular weight is 289 g/mol. The summed E-state index contributed by atoms with van der Waals surface area (Å²) in [6, 6.07) is 7.23. The fraction of sp³-hybridized carbons (Fsp3) is 0.500. The molecule has 5 heteroatoms. The van der Waals surface area contributed by atoms with E-state index in [4.69, 9.17) is 4.74 Å². The van der Waals surface area contributed by atoms with Gasteiger partial charge in [0.1, 0.15) is 18.3 Å². The van der Waals surface area contributed by atoms with Crippen molar-refractivity contribution < 1.29 is 19.4 Å². The Balaban J connectivity index is 1.70. The second-order valence-electron chi connectivity index (χ2n) is 5.75. The Bertz CT molecular complexity index is 557. The number of para-hydroxylation sites is 1. The van der Waals surface area contributed by atoms with Crippen LogP contribution in [0.4, 0.5) is 0 Å². The minimum absolute atomic E-state index is 0.127. The largest absolute Gasteiger partial charge is 0.492 e. The van der Waals surface area contributed by atoms with Crippen molar-refractivity contribution in [1.29, 1.82) is 0 Å². The third-order valence-corrected chi connectivity index (χ3v) is 4.43. The topological polar surface area (TPSA) is 75.6 Å². The van der Waals surface area contributed by atoms with E-state index in [0.717, 1.165) is 30.6 Å². The summed E-state index contributed by atoms with van der Waals surface area (Å²) in [6.07, 6.45) is 3.25. The lowest BCUT2D eigenvalue weighted by Crippen LogP contribution is -2.46. The van der Waals surface area contributed by atoms with Gasteiger partial charge >= 0.3 is 5.97 Å². The molecule has 0 aromatic heterocycles. The quantitative estimate of drug-likeness (QED) is 0.891. The van der Waals surface area contributed by atoms with Crippen LogP contribution in [0.2, 0.25) is 0 Å². The number of nitrogens with one attached hydrogen (secondary N) is 1. The van der Waals surface area contributed by atoms with E-state index >= 15 is 0 Å². The summed E-state index contributed by atoms with van der Waals surface area (Å²) in [5.41, 5.74) is 0.887. The van der Waals surface area contributed by atoms with Gasteiger partial charge in [-0.15, -0.1) is 0 Å². The molecule has 0 radical (unpaired) electrons. The lowest BCUT2D eigenvalue weighted by molar-refractivity contribution is -0.144. The zero-order chi connectivity index (χ0) is 14.8. The standard InChI is InChI=1S/C16H19NO4/c18-15(12-9-21-14-8-4-2-5-10(12)14)17-13-7-3-1-6-11(13)16(19)20/h2,4-5,8,11-13H,1,3,6-7,9H2,(H,17,18)(H,19,20). The lowest BCUT2D eigenvalue weighted by Gasteiger charge is -2.30. The first-order valence-electron chi connectivity index (χ1n) is 7.41. The van der Waals surface area contributed by atoms with Crippen LogP contribution in [0.1, 0.15) is 37.2 Å². The Morgan fingerprint density at radius 3 is 2.76 bits per heavy atom. The van der Waals surface area contributed by atoms with Gasteiger partial charge < -0.3 is 15.2 Å². The molecule has 5 nitrogen and oxygen atoms in total. The second kappa shape index (κ2) is 5.76. The monoisotopic (exact) mass is 289 g/mol. The molecule has 0 bridgehead atoms. The van der Waals surface area contributed by atoms with Crippen LogP contribution in [0.5, 0.6) is 5.75 Å². The molecule has 1 aromatic carbocycles. The summed E-state index contributed by atoms with van der Waals surface area (Å²) in [5, 5.41) is 12.2. The number of ether oxygens (including phenoxy) is 1. The molecule has 1 aliphatic heterocycles. The van der Waals surface area contributed by atoms with Crippen LogP contribution in [-0.4, -0.2) is 29.6 Å². The molecule has 1 aromatic rings. The zero-order valence-electron chi connectivity index (χ0n) is 11.7. The van der Waals surface area contributed by atoms with Gasteiger partial charge in [-0.2, -0.15) is 0 Å². The van der Waals surface area contributed by atoms with E-state index in [2.05, 4.69) is 5.32 Å². The van der Waals surface area contributed by atoms with Crippen LogP contribution in [0.15, 0.2) is 24.3 Å². The Morgan fingerprint density at radius 1 is 1.19 bits per heavy atom. The number of hydrogen-bond donors (Lipinski definition) is 2. The third-order valence-electron chi connectivity index (χ3n) is 4.43. The van der Waals surface area contributed by atoms with E-state index in [1.54, 1.807) is 0 Å². The summed E-state index contributed by atoms with van der Waals surface area (Å²) in [6.45, 7) is 0.329. The van der Waals surface area contributed by atoms with Crippen molar-refractivity contribution >= 4 is 11.9 Å². The smallest absolute Gasteiger partial charge is 0.308 e. The molecule has 0 spiro atoms. The summed E-state index contributed by atoms with van der Waals surface area (Å²) in [5.74, 6) is -1.00. The van der Waals surface area contributed by atoms with Crippen molar-refractivity contribution in [3.63, 3.8) is 0 Å². The maximum atomic E-state index is 12.5. The Labute approximate surface area is 123 Å². The molecule has 2 N–H and O–H groups in total. The number of rotatable bonds is 3. The van der Waals surface area contributed by atoms with Gasteiger partial charge in [-0.1, -0.05) is 31.0 Å². The van der Waals surface area contributed by atoms with Crippen molar-refractivity contribution in [2.24, 2.45) is 5.92 Å². The highest BCUT2D eigenvalue weighted by molar-refractivity contribution is 5.86. The van der Waals surface area contributed by atoms with Gasteiger partial charge in [-0.05, 0) is 18.9 Å². The summed E-state index contributed by atoms with van der Waals surface area (Å²) < 4.78 is 5.52. The van der Waals surface area contributed by atoms with Gasteiger partial charge in [-0.25, -0.2) is 0 Å². The van der Waals surface area contributed by atoms with Gasteiger partial charge in [0.05, 0.1) is 5.92 Å². The number of hydrogen-bond acceptors (Lipinski definition) is 3. The number of fused-ring (bicyclic) bond motifs is 1. The second-order valence-corrected chi connectivity index (χ2v) is 5.75. The number of amides is 1. The number of carboxylic acids is 1. The molecule has 1 heterocycles.